The Morgan fingerprint density at radius 2 is 1.70 bits per heavy atom. The van der Waals surface area contributed by atoms with Crippen LogP contribution in [0.2, 0.25) is 0 Å². The van der Waals surface area contributed by atoms with Gasteiger partial charge in [-0.1, -0.05) is 13.3 Å². The molecule has 5 nitrogen and oxygen atoms in total. The zero-order valence-corrected chi connectivity index (χ0v) is 17.6. The van der Waals surface area contributed by atoms with Gasteiger partial charge >= 0.3 is 0 Å². The highest BCUT2D eigenvalue weighted by molar-refractivity contribution is 14.0. The van der Waals surface area contributed by atoms with E-state index in [2.05, 4.69) is 39.4 Å². The Labute approximate surface area is 159 Å². The lowest BCUT2D eigenvalue weighted by molar-refractivity contribution is 0.0173. The van der Waals surface area contributed by atoms with Crippen molar-refractivity contribution in [2.75, 3.05) is 53.4 Å². The number of nitrogens with one attached hydrogen (secondary N) is 2. The molecule has 23 heavy (non-hydrogen) atoms. The molecular weight excluding hydrogens is 401 g/mol. The van der Waals surface area contributed by atoms with Crippen LogP contribution in [-0.4, -0.2) is 74.7 Å². The molecule has 2 fully saturated rings. The van der Waals surface area contributed by atoms with Crippen LogP contribution in [0.5, 0.6) is 0 Å². The van der Waals surface area contributed by atoms with E-state index in [1.807, 2.05) is 7.05 Å². The first-order chi connectivity index (χ1) is 10.7. The summed E-state index contributed by atoms with van der Waals surface area (Å²) in [5, 5.41) is 7.00. The lowest BCUT2D eigenvalue weighted by Crippen LogP contribution is -2.62. The minimum Gasteiger partial charge on any atom is -0.356 e. The fraction of sp³-hybridized carbons (Fsp3) is 0.941. The third-order valence-corrected chi connectivity index (χ3v) is 5.30. The van der Waals surface area contributed by atoms with E-state index in [9.17, 15) is 0 Å². The van der Waals surface area contributed by atoms with Gasteiger partial charge in [0.05, 0.1) is 0 Å². The maximum absolute atomic E-state index is 4.37. The molecule has 6 heteroatoms. The first kappa shape index (κ1) is 21.0. The van der Waals surface area contributed by atoms with Gasteiger partial charge in [-0.3, -0.25) is 9.89 Å². The largest absolute Gasteiger partial charge is 0.356 e. The van der Waals surface area contributed by atoms with Crippen LogP contribution < -0.4 is 10.6 Å². The van der Waals surface area contributed by atoms with Crippen LogP contribution in [-0.2, 0) is 0 Å². The Hall–Kier alpha value is -0.0800. The predicted octanol–water partition coefficient (Wildman–Crippen LogP) is 2.13. The Morgan fingerprint density at radius 1 is 1.04 bits per heavy atom. The Morgan fingerprint density at radius 3 is 2.26 bits per heavy atom. The Kier molecular flexibility index (Phi) is 9.77. The normalized spacial score (nSPS) is 23.2. The first-order valence-corrected chi connectivity index (χ1v) is 9.08. The topological polar surface area (TPSA) is 42.9 Å². The van der Waals surface area contributed by atoms with Gasteiger partial charge in [0.1, 0.15) is 0 Å². The van der Waals surface area contributed by atoms with Crippen LogP contribution in [0.25, 0.3) is 0 Å². The second-order valence-corrected chi connectivity index (χ2v) is 6.93. The summed E-state index contributed by atoms with van der Waals surface area (Å²) in [4.78, 5) is 9.60. The molecule has 0 amide bonds. The highest BCUT2D eigenvalue weighted by Gasteiger charge is 2.39. The molecule has 2 heterocycles. The van der Waals surface area contributed by atoms with Crippen molar-refractivity contribution in [3.05, 3.63) is 0 Å². The zero-order chi connectivity index (χ0) is 15.8. The van der Waals surface area contributed by atoms with E-state index in [4.69, 9.17) is 0 Å². The van der Waals surface area contributed by atoms with Gasteiger partial charge in [0.25, 0.3) is 0 Å². The van der Waals surface area contributed by atoms with Gasteiger partial charge < -0.3 is 15.5 Å². The number of aliphatic imine (C=N–C) groups is 1. The highest BCUT2D eigenvalue weighted by Crippen LogP contribution is 2.30. The third-order valence-electron chi connectivity index (χ3n) is 5.30. The quantitative estimate of drug-likeness (QED) is 0.393. The molecule has 0 bridgehead atoms. The van der Waals surface area contributed by atoms with Gasteiger partial charge in [0.15, 0.2) is 5.96 Å². The number of hydrogen-bond donors (Lipinski definition) is 2. The third kappa shape index (κ3) is 6.05. The van der Waals surface area contributed by atoms with Crippen molar-refractivity contribution >= 4 is 29.9 Å². The van der Waals surface area contributed by atoms with Gasteiger partial charge in [-0.2, -0.15) is 0 Å². The van der Waals surface area contributed by atoms with E-state index in [-0.39, 0.29) is 24.0 Å². The van der Waals surface area contributed by atoms with Gasteiger partial charge in [-0.05, 0) is 65.3 Å². The van der Waals surface area contributed by atoms with Gasteiger partial charge in [-0.25, -0.2) is 0 Å². The minimum atomic E-state index is 0. The van der Waals surface area contributed by atoms with Gasteiger partial charge in [0, 0.05) is 25.7 Å². The molecule has 0 aromatic rings. The van der Waals surface area contributed by atoms with E-state index < -0.39 is 0 Å². The number of guanidine groups is 1. The Balaban J connectivity index is 0.00000264. The molecule has 0 radical (unpaired) electrons. The molecule has 0 aliphatic carbocycles. The van der Waals surface area contributed by atoms with E-state index in [1.165, 1.54) is 58.3 Å². The van der Waals surface area contributed by atoms with Crippen molar-refractivity contribution in [1.29, 1.82) is 0 Å². The standard InChI is InChI=1S/C17H35N5.HI/c1-4-10-19-16(18-2)20-15-17(8-13-21(3)14-9-17)22-11-6-5-7-12-22;/h4-15H2,1-3H3,(H2,18,19,20);1H. The number of piperidine rings is 2. The minimum absolute atomic E-state index is 0. The number of likely N-dealkylation sites (tertiary alicyclic amines) is 2. The van der Waals surface area contributed by atoms with Crippen molar-refractivity contribution in [2.24, 2.45) is 4.99 Å². The smallest absolute Gasteiger partial charge is 0.191 e. The van der Waals surface area contributed by atoms with E-state index in [0.29, 0.717) is 5.54 Å². The molecule has 0 aromatic heterocycles. The Bertz CT molecular complexity index is 347. The summed E-state index contributed by atoms with van der Waals surface area (Å²) in [6, 6.07) is 0. The monoisotopic (exact) mass is 437 g/mol. The summed E-state index contributed by atoms with van der Waals surface area (Å²) in [6.07, 6.45) is 7.78. The first-order valence-electron chi connectivity index (χ1n) is 9.08. The average molecular weight is 437 g/mol. The summed E-state index contributed by atoms with van der Waals surface area (Å²) in [5.74, 6) is 0.956. The van der Waals surface area contributed by atoms with E-state index >= 15 is 0 Å². The lowest BCUT2D eigenvalue weighted by atomic mass is 9.84. The summed E-state index contributed by atoms with van der Waals surface area (Å²) in [6.45, 7) is 9.15. The second kappa shape index (κ2) is 10.7. The predicted molar refractivity (Wildman–Crippen MR) is 110 cm³/mol. The molecule has 0 aromatic carbocycles. The average Bonchev–Trinajstić information content (AvgIpc) is 2.58. The van der Waals surface area contributed by atoms with Crippen LogP contribution in [0, 0.1) is 0 Å². The van der Waals surface area contributed by atoms with Crippen molar-refractivity contribution in [3.8, 4) is 0 Å². The van der Waals surface area contributed by atoms with Crippen LogP contribution in [0.3, 0.4) is 0 Å². The number of halogens is 1. The fourth-order valence-electron chi connectivity index (χ4n) is 3.72. The summed E-state index contributed by atoms with van der Waals surface area (Å²) in [7, 11) is 4.11. The molecule has 2 N–H and O–H groups in total. The number of rotatable bonds is 5. The molecule has 2 saturated heterocycles. The van der Waals surface area contributed by atoms with Crippen LogP contribution in [0.1, 0.15) is 45.4 Å². The molecule has 0 unspecified atom stereocenters. The summed E-state index contributed by atoms with van der Waals surface area (Å²) >= 11 is 0. The van der Waals surface area contributed by atoms with Crippen LogP contribution >= 0.6 is 24.0 Å². The molecule has 0 saturated carbocycles. The van der Waals surface area contributed by atoms with Crippen LogP contribution in [0.15, 0.2) is 4.99 Å². The van der Waals surface area contributed by atoms with Crippen molar-refractivity contribution in [3.63, 3.8) is 0 Å². The number of nitrogens with zero attached hydrogens (tertiary/aromatic N) is 3. The molecule has 136 valence electrons. The molecule has 2 aliphatic heterocycles. The second-order valence-electron chi connectivity index (χ2n) is 6.93. The maximum Gasteiger partial charge on any atom is 0.191 e. The molecule has 2 aliphatic rings. The number of hydrogen-bond acceptors (Lipinski definition) is 3. The van der Waals surface area contributed by atoms with E-state index in [0.717, 1.165) is 25.5 Å². The lowest BCUT2D eigenvalue weighted by Gasteiger charge is -2.50. The molecular formula is C17H36IN5. The summed E-state index contributed by atoms with van der Waals surface area (Å²) in [5.41, 5.74) is 0.316. The summed E-state index contributed by atoms with van der Waals surface area (Å²) < 4.78 is 0. The fourth-order valence-corrected chi connectivity index (χ4v) is 3.72. The molecule has 2 rings (SSSR count). The molecule has 0 atom stereocenters. The van der Waals surface area contributed by atoms with Crippen molar-refractivity contribution in [1.82, 2.24) is 20.4 Å². The highest BCUT2D eigenvalue weighted by atomic mass is 127. The SMILES string of the molecule is CCCNC(=NC)NCC1(N2CCCCC2)CCN(C)CC1.I. The van der Waals surface area contributed by atoms with Gasteiger partial charge in [-0.15, -0.1) is 24.0 Å². The van der Waals surface area contributed by atoms with Crippen molar-refractivity contribution < 1.29 is 0 Å². The zero-order valence-electron chi connectivity index (χ0n) is 15.2. The van der Waals surface area contributed by atoms with Crippen LogP contribution in [0.4, 0.5) is 0 Å². The maximum atomic E-state index is 4.37. The van der Waals surface area contributed by atoms with E-state index in [1.54, 1.807) is 0 Å². The molecule has 0 spiro atoms. The van der Waals surface area contributed by atoms with Crippen molar-refractivity contribution in [2.45, 2.75) is 51.0 Å². The van der Waals surface area contributed by atoms with Gasteiger partial charge in [0.2, 0.25) is 0 Å².